The van der Waals surface area contributed by atoms with Crippen molar-refractivity contribution in [3.8, 4) is 0 Å². The first kappa shape index (κ1) is 12.0. The molecule has 1 aromatic heterocycles. The van der Waals surface area contributed by atoms with E-state index in [-0.39, 0.29) is 5.91 Å². The van der Waals surface area contributed by atoms with Crippen LogP contribution in [0.3, 0.4) is 0 Å². The molecule has 4 nitrogen and oxygen atoms in total. The molecule has 0 saturated heterocycles. The SMILES string of the molecule is CCNCC(=O)N(Cc1ccccn1)C1CC1. The first-order valence-corrected chi connectivity index (χ1v) is 6.21. The molecule has 1 saturated carbocycles. The average molecular weight is 233 g/mol. The quantitative estimate of drug-likeness (QED) is 0.802. The number of hydrogen-bond donors (Lipinski definition) is 1. The zero-order valence-electron chi connectivity index (χ0n) is 10.2. The molecule has 4 heteroatoms. The summed E-state index contributed by atoms with van der Waals surface area (Å²) in [6, 6.07) is 6.26. The van der Waals surface area contributed by atoms with Gasteiger partial charge >= 0.3 is 0 Å². The Labute approximate surface area is 102 Å². The number of hydrogen-bond acceptors (Lipinski definition) is 3. The molecule has 1 N–H and O–H groups in total. The van der Waals surface area contributed by atoms with E-state index in [0.717, 1.165) is 25.1 Å². The first-order chi connectivity index (χ1) is 8.31. The highest BCUT2D eigenvalue weighted by Gasteiger charge is 2.32. The molecule has 1 heterocycles. The fourth-order valence-electron chi connectivity index (χ4n) is 1.81. The third-order valence-corrected chi connectivity index (χ3v) is 2.89. The van der Waals surface area contributed by atoms with Crippen LogP contribution in [0, 0.1) is 0 Å². The van der Waals surface area contributed by atoms with Gasteiger partial charge in [-0.15, -0.1) is 0 Å². The van der Waals surface area contributed by atoms with Gasteiger partial charge in [0.25, 0.3) is 0 Å². The zero-order chi connectivity index (χ0) is 12.1. The van der Waals surface area contributed by atoms with Crippen molar-refractivity contribution in [1.82, 2.24) is 15.2 Å². The van der Waals surface area contributed by atoms with Crippen molar-refractivity contribution >= 4 is 5.91 Å². The number of rotatable bonds is 6. The van der Waals surface area contributed by atoms with E-state index in [9.17, 15) is 4.79 Å². The lowest BCUT2D eigenvalue weighted by atomic mass is 10.3. The van der Waals surface area contributed by atoms with E-state index in [2.05, 4.69) is 10.3 Å². The fraction of sp³-hybridized carbons (Fsp3) is 0.538. The number of nitrogens with one attached hydrogen (secondary N) is 1. The Morgan fingerprint density at radius 2 is 2.35 bits per heavy atom. The highest BCUT2D eigenvalue weighted by molar-refractivity contribution is 5.78. The molecule has 0 unspecified atom stereocenters. The molecule has 0 bridgehead atoms. The van der Waals surface area contributed by atoms with Gasteiger partial charge in [-0.05, 0) is 31.5 Å². The number of nitrogens with zero attached hydrogens (tertiary/aromatic N) is 2. The lowest BCUT2D eigenvalue weighted by Crippen LogP contribution is -2.39. The Morgan fingerprint density at radius 1 is 1.53 bits per heavy atom. The van der Waals surface area contributed by atoms with Crippen molar-refractivity contribution in [3.63, 3.8) is 0 Å². The summed E-state index contributed by atoms with van der Waals surface area (Å²) >= 11 is 0. The summed E-state index contributed by atoms with van der Waals surface area (Å²) in [6.07, 6.45) is 4.03. The summed E-state index contributed by atoms with van der Waals surface area (Å²) in [5, 5.41) is 3.09. The van der Waals surface area contributed by atoms with E-state index >= 15 is 0 Å². The summed E-state index contributed by atoms with van der Waals surface area (Å²) in [4.78, 5) is 18.3. The van der Waals surface area contributed by atoms with Gasteiger partial charge in [0, 0.05) is 12.2 Å². The molecule has 0 aliphatic heterocycles. The van der Waals surface area contributed by atoms with E-state index in [1.54, 1.807) is 6.20 Å². The number of carbonyl (C=O) groups is 1. The molecule has 1 aliphatic rings. The Kier molecular flexibility index (Phi) is 4.09. The number of pyridine rings is 1. The molecular weight excluding hydrogens is 214 g/mol. The van der Waals surface area contributed by atoms with Gasteiger partial charge in [0.05, 0.1) is 18.8 Å². The van der Waals surface area contributed by atoms with Crippen molar-refractivity contribution in [2.45, 2.75) is 32.4 Å². The molecule has 92 valence electrons. The van der Waals surface area contributed by atoms with Gasteiger partial charge in [0.15, 0.2) is 0 Å². The number of carbonyl (C=O) groups excluding carboxylic acids is 1. The zero-order valence-corrected chi connectivity index (χ0v) is 10.2. The van der Waals surface area contributed by atoms with Crippen LogP contribution in [0.25, 0.3) is 0 Å². The molecule has 1 aromatic rings. The minimum Gasteiger partial charge on any atom is -0.333 e. The van der Waals surface area contributed by atoms with Crippen LogP contribution in [-0.2, 0) is 11.3 Å². The van der Waals surface area contributed by atoms with Crippen LogP contribution in [0.15, 0.2) is 24.4 Å². The molecule has 1 amide bonds. The van der Waals surface area contributed by atoms with Gasteiger partial charge in [-0.2, -0.15) is 0 Å². The molecule has 0 spiro atoms. The van der Waals surface area contributed by atoms with Gasteiger partial charge in [0.2, 0.25) is 5.91 Å². The smallest absolute Gasteiger partial charge is 0.237 e. The van der Waals surface area contributed by atoms with Crippen LogP contribution in [0.4, 0.5) is 0 Å². The van der Waals surface area contributed by atoms with Crippen molar-refractivity contribution in [2.75, 3.05) is 13.1 Å². The van der Waals surface area contributed by atoms with Crippen LogP contribution < -0.4 is 5.32 Å². The van der Waals surface area contributed by atoms with Crippen molar-refractivity contribution < 1.29 is 4.79 Å². The highest BCUT2D eigenvalue weighted by atomic mass is 16.2. The maximum absolute atomic E-state index is 12.0. The van der Waals surface area contributed by atoms with Gasteiger partial charge in [-0.3, -0.25) is 9.78 Å². The molecule has 0 radical (unpaired) electrons. The van der Waals surface area contributed by atoms with E-state index in [4.69, 9.17) is 0 Å². The normalized spacial score (nSPS) is 14.6. The van der Waals surface area contributed by atoms with Crippen molar-refractivity contribution in [2.24, 2.45) is 0 Å². The number of amides is 1. The maximum Gasteiger partial charge on any atom is 0.237 e. The van der Waals surface area contributed by atoms with Crippen LogP contribution in [-0.4, -0.2) is 34.9 Å². The summed E-state index contributed by atoms with van der Waals surface area (Å²) < 4.78 is 0. The number of likely N-dealkylation sites (N-methyl/N-ethyl adjacent to an activating group) is 1. The van der Waals surface area contributed by atoms with Crippen LogP contribution in [0.2, 0.25) is 0 Å². The monoisotopic (exact) mass is 233 g/mol. The van der Waals surface area contributed by atoms with Gasteiger partial charge in [-0.1, -0.05) is 13.0 Å². The Morgan fingerprint density at radius 3 is 2.94 bits per heavy atom. The van der Waals surface area contributed by atoms with E-state index < -0.39 is 0 Å². The van der Waals surface area contributed by atoms with Crippen LogP contribution >= 0.6 is 0 Å². The largest absolute Gasteiger partial charge is 0.333 e. The number of aromatic nitrogens is 1. The maximum atomic E-state index is 12.0. The fourth-order valence-corrected chi connectivity index (χ4v) is 1.81. The van der Waals surface area contributed by atoms with E-state index in [1.165, 1.54) is 0 Å². The lowest BCUT2D eigenvalue weighted by Gasteiger charge is -2.22. The van der Waals surface area contributed by atoms with Gasteiger partial charge in [0.1, 0.15) is 0 Å². The van der Waals surface area contributed by atoms with Crippen LogP contribution in [0.1, 0.15) is 25.5 Å². The molecule has 17 heavy (non-hydrogen) atoms. The summed E-state index contributed by atoms with van der Waals surface area (Å²) in [5.74, 6) is 0.181. The summed E-state index contributed by atoms with van der Waals surface area (Å²) in [6.45, 7) is 3.90. The Balaban J connectivity index is 1.95. The third-order valence-electron chi connectivity index (χ3n) is 2.89. The third kappa shape index (κ3) is 3.53. The lowest BCUT2D eigenvalue weighted by molar-refractivity contribution is -0.131. The second kappa shape index (κ2) is 5.77. The predicted octanol–water partition coefficient (Wildman–Crippen LogP) is 1.18. The predicted molar refractivity (Wildman–Crippen MR) is 66.4 cm³/mol. The molecule has 1 fully saturated rings. The topological polar surface area (TPSA) is 45.2 Å². The van der Waals surface area contributed by atoms with Gasteiger partial charge < -0.3 is 10.2 Å². The minimum atomic E-state index is 0.181. The molecular formula is C13H19N3O. The molecule has 0 atom stereocenters. The van der Waals surface area contributed by atoms with Crippen molar-refractivity contribution in [1.29, 1.82) is 0 Å². The molecule has 2 rings (SSSR count). The molecule has 1 aliphatic carbocycles. The van der Waals surface area contributed by atoms with E-state index in [0.29, 0.717) is 19.1 Å². The minimum absolute atomic E-state index is 0.181. The first-order valence-electron chi connectivity index (χ1n) is 6.21. The summed E-state index contributed by atoms with van der Waals surface area (Å²) in [5.41, 5.74) is 0.962. The Hall–Kier alpha value is -1.42. The highest BCUT2D eigenvalue weighted by Crippen LogP contribution is 2.27. The average Bonchev–Trinajstić information content (AvgIpc) is 3.18. The van der Waals surface area contributed by atoms with Gasteiger partial charge in [-0.25, -0.2) is 0 Å². The second-order valence-corrected chi connectivity index (χ2v) is 4.35. The molecule has 0 aromatic carbocycles. The standard InChI is InChI=1S/C13H19N3O/c1-2-14-9-13(17)16(12-6-7-12)10-11-5-3-4-8-15-11/h3-5,8,12,14H,2,6-7,9-10H2,1H3. The Bertz CT molecular complexity index is 362. The van der Waals surface area contributed by atoms with Crippen molar-refractivity contribution in [3.05, 3.63) is 30.1 Å². The van der Waals surface area contributed by atoms with E-state index in [1.807, 2.05) is 30.0 Å². The second-order valence-electron chi connectivity index (χ2n) is 4.35. The summed E-state index contributed by atoms with van der Waals surface area (Å²) in [7, 11) is 0. The van der Waals surface area contributed by atoms with Crippen LogP contribution in [0.5, 0.6) is 0 Å².